The number of sulfonamides is 1. The van der Waals surface area contributed by atoms with Crippen LogP contribution in [0.2, 0.25) is 10.0 Å². The molecule has 0 aromatic heterocycles. The van der Waals surface area contributed by atoms with Gasteiger partial charge in [-0.05, 0) is 79.1 Å². The molecule has 0 spiro atoms. The Bertz CT molecular complexity index is 1260. The molecule has 0 aliphatic carbocycles. The van der Waals surface area contributed by atoms with E-state index in [1.54, 1.807) is 17.0 Å². The number of halogens is 3. The van der Waals surface area contributed by atoms with Crippen LogP contribution in [0.5, 0.6) is 0 Å². The number of fused-ring (bicyclic) bond motifs is 1. The maximum atomic E-state index is 13.2. The van der Waals surface area contributed by atoms with Crippen molar-refractivity contribution in [3.05, 3.63) is 87.7 Å². The maximum absolute atomic E-state index is 13.2. The minimum Gasteiger partial charge on any atom is -0.308 e. The van der Waals surface area contributed by atoms with E-state index in [2.05, 4.69) is 4.72 Å². The SMILES string of the molecule is O=C(c1ccc(F)cc1)N1CCCc2cc(S(=O)(=O)Nc3ccc(Cl)c(Cl)c3)ccc21. The highest BCUT2D eigenvalue weighted by Gasteiger charge is 2.26. The number of hydrogen-bond acceptors (Lipinski definition) is 3. The molecule has 1 amide bonds. The van der Waals surface area contributed by atoms with Gasteiger partial charge in [-0.1, -0.05) is 23.2 Å². The molecule has 0 saturated carbocycles. The van der Waals surface area contributed by atoms with Crippen molar-refractivity contribution in [1.29, 1.82) is 0 Å². The summed E-state index contributed by atoms with van der Waals surface area (Å²) < 4.78 is 41.4. The highest BCUT2D eigenvalue weighted by atomic mass is 35.5. The lowest BCUT2D eigenvalue weighted by molar-refractivity contribution is 0.0985. The van der Waals surface area contributed by atoms with Crippen molar-refractivity contribution in [2.24, 2.45) is 0 Å². The molecule has 3 aromatic rings. The molecule has 1 aliphatic rings. The van der Waals surface area contributed by atoms with Gasteiger partial charge in [0.25, 0.3) is 15.9 Å². The molecule has 0 bridgehead atoms. The lowest BCUT2D eigenvalue weighted by atomic mass is 10.0. The number of nitrogens with zero attached hydrogens (tertiary/aromatic N) is 1. The van der Waals surface area contributed by atoms with Gasteiger partial charge in [0, 0.05) is 17.8 Å². The van der Waals surface area contributed by atoms with Gasteiger partial charge < -0.3 is 4.90 Å². The molecule has 1 aliphatic heterocycles. The van der Waals surface area contributed by atoms with Gasteiger partial charge in [0.2, 0.25) is 0 Å². The Labute approximate surface area is 189 Å². The summed E-state index contributed by atoms with van der Waals surface area (Å²) in [4.78, 5) is 14.6. The van der Waals surface area contributed by atoms with Crippen LogP contribution >= 0.6 is 23.2 Å². The van der Waals surface area contributed by atoms with Crippen LogP contribution < -0.4 is 9.62 Å². The summed E-state index contributed by atoms with van der Waals surface area (Å²) in [5, 5.41) is 0.562. The predicted octanol–water partition coefficient (Wildman–Crippen LogP) is 5.53. The summed E-state index contributed by atoms with van der Waals surface area (Å²) in [7, 11) is -3.87. The third-order valence-electron chi connectivity index (χ3n) is 4.99. The van der Waals surface area contributed by atoms with Crippen molar-refractivity contribution in [2.75, 3.05) is 16.2 Å². The Morgan fingerprint density at radius 3 is 2.42 bits per heavy atom. The smallest absolute Gasteiger partial charge is 0.261 e. The Kier molecular flexibility index (Phi) is 5.92. The number of benzene rings is 3. The molecule has 0 atom stereocenters. The van der Waals surface area contributed by atoms with Crippen LogP contribution in [0.1, 0.15) is 22.3 Å². The number of anilines is 2. The molecule has 0 unspecified atom stereocenters. The van der Waals surface area contributed by atoms with E-state index < -0.39 is 15.8 Å². The largest absolute Gasteiger partial charge is 0.308 e. The van der Waals surface area contributed by atoms with Crippen molar-refractivity contribution >= 4 is 50.5 Å². The van der Waals surface area contributed by atoms with Crippen LogP contribution in [-0.2, 0) is 16.4 Å². The standard InChI is InChI=1S/C22H17Cl2FN2O3S/c23-19-9-7-17(13-20(19)24)26-31(29,30)18-8-10-21-15(12-18)2-1-11-27(21)22(28)14-3-5-16(25)6-4-14/h3-10,12-13,26H,1-2,11H2. The van der Waals surface area contributed by atoms with Gasteiger partial charge in [-0.2, -0.15) is 0 Å². The van der Waals surface area contributed by atoms with E-state index in [4.69, 9.17) is 23.2 Å². The first-order valence-electron chi connectivity index (χ1n) is 9.43. The molecule has 3 aromatic carbocycles. The Morgan fingerprint density at radius 2 is 1.71 bits per heavy atom. The molecule has 5 nitrogen and oxygen atoms in total. The second kappa shape index (κ2) is 8.49. The van der Waals surface area contributed by atoms with E-state index in [1.165, 1.54) is 48.5 Å². The van der Waals surface area contributed by atoms with E-state index in [0.717, 1.165) is 5.56 Å². The molecular weight excluding hydrogens is 462 g/mol. The summed E-state index contributed by atoms with van der Waals surface area (Å²) >= 11 is 11.8. The zero-order valence-electron chi connectivity index (χ0n) is 16.1. The summed E-state index contributed by atoms with van der Waals surface area (Å²) in [6, 6.07) is 14.5. The van der Waals surface area contributed by atoms with Crippen LogP contribution in [-0.4, -0.2) is 20.9 Å². The molecule has 9 heteroatoms. The van der Waals surface area contributed by atoms with Gasteiger partial charge in [-0.3, -0.25) is 9.52 Å². The molecule has 0 radical (unpaired) electrons. The molecule has 31 heavy (non-hydrogen) atoms. The van der Waals surface area contributed by atoms with Crippen LogP contribution in [0.3, 0.4) is 0 Å². The first-order valence-corrected chi connectivity index (χ1v) is 11.7. The van der Waals surface area contributed by atoms with Crippen molar-refractivity contribution in [2.45, 2.75) is 17.7 Å². The first kappa shape index (κ1) is 21.6. The molecule has 0 saturated heterocycles. The maximum Gasteiger partial charge on any atom is 0.261 e. The number of carbonyl (C=O) groups is 1. The number of nitrogens with one attached hydrogen (secondary N) is 1. The fourth-order valence-corrected chi connectivity index (χ4v) is 4.87. The molecule has 160 valence electrons. The molecule has 0 fully saturated rings. The van der Waals surface area contributed by atoms with E-state index in [0.29, 0.717) is 41.3 Å². The number of amides is 1. The first-order chi connectivity index (χ1) is 14.7. The Morgan fingerprint density at radius 1 is 0.968 bits per heavy atom. The van der Waals surface area contributed by atoms with Crippen molar-refractivity contribution in [1.82, 2.24) is 0 Å². The van der Waals surface area contributed by atoms with Crippen molar-refractivity contribution in [3.8, 4) is 0 Å². The topological polar surface area (TPSA) is 66.5 Å². The van der Waals surface area contributed by atoms with Crippen molar-refractivity contribution in [3.63, 3.8) is 0 Å². The van der Waals surface area contributed by atoms with Crippen LogP contribution in [0.15, 0.2) is 65.6 Å². The minimum absolute atomic E-state index is 0.0772. The number of aryl methyl sites for hydroxylation is 1. The van der Waals surface area contributed by atoms with Gasteiger partial charge in [0.1, 0.15) is 5.82 Å². The zero-order valence-corrected chi connectivity index (χ0v) is 18.4. The Balaban J connectivity index is 1.62. The van der Waals surface area contributed by atoms with E-state index in [-0.39, 0.29) is 15.8 Å². The summed E-state index contributed by atoms with van der Waals surface area (Å²) in [5.74, 6) is -0.676. The van der Waals surface area contributed by atoms with E-state index in [9.17, 15) is 17.6 Å². The average molecular weight is 479 g/mol. The minimum atomic E-state index is -3.87. The number of carbonyl (C=O) groups excluding carboxylic acids is 1. The normalized spacial score (nSPS) is 13.6. The van der Waals surface area contributed by atoms with Gasteiger partial charge >= 0.3 is 0 Å². The summed E-state index contributed by atoms with van der Waals surface area (Å²) in [6.45, 7) is 0.497. The Hall–Kier alpha value is -2.61. The molecule has 1 N–H and O–H groups in total. The number of rotatable bonds is 4. The fourth-order valence-electron chi connectivity index (χ4n) is 3.47. The van der Waals surface area contributed by atoms with Crippen LogP contribution in [0, 0.1) is 5.82 Å². The molecule has 1 heterocycles. The van der Waals surface area contributed by atoms with Gasteiger partial charge in [-0.25, -0.2) is 12.8 Å². The van der Waals surface area contributed by atoms with Gasteiger partial charge in [-0.15, -0.1) is 0 Å². The lowest BCUT2D eigenvalue weighted by Crippen LogP contribution is -2.35. The van der Waals surface area contributed by atoms with Crippen molar-refractivity contribution < 1.29 is 17.6 Å². The van der Waals surface area contributed by atoms with Gasteiger partial charge in [0.05, 0.1) is 20.6 Å². The molecule has 4 rings (SSSR count). The zero-order chi connectivity index (χ0) is 22.2. The van der Waals surface area contributed by atoms with Crippen LogP contribution in [0.4, 0.5) is 15.8 Å². The average Bonchev–Trinajstić information content (AvgIpc) is 2.75. The third kappa shape index (κ3) is 4.54. The molecular formula is C22H17Cl2FN2O3S. The summed E-state index contributed by atoms with van der Waals surface area (Å²) in [5.41, 5.74) is 2.06. The summed E-state index contributed by atoms with van der Waals surface area (Å²) in [6.07, 6.45) is 1.32. The highest BCUT2D eigenvalue weighted by Crippen LogP contribution is 2.32. The highest BCUT2D eigenvalue weighted by molar-refractivity contribution is 7.92. The van der Waals surface area contributed by atoms with E-state index in [1.807, 2.05) is 0 Å². The van der Waals surface area contributed by atoms with Crippen LogP contribution in [0.25, 0.3) is 0 Å². The quantitative estimate of drug-likeness (QED) is 0.536. The lowest BCUT2D eigenvalue weighted by Gasteiger charge is -2.30. The fraction of sp³-hybridized carbons (Fsp3) is 0.136. The monoisotopic (exact) mass is 478 g/mol. The second-order valence-corrected chi connectivity index (χ2v) is 9.59. The van der Waals surface area contributed by atoms with Gasteiger partial charge in [0.15, 0.2) is 0 Å². The predicted molar refractivity (Wildman–Crippen MR) is 120 cm³/mol. The third-order valence-corrected chi connectivity index (χ3v) is 7.11. The number of hydrogen-bond donors (Lipinski definition) is 1. The van der Waals surface area contributed by atoms with E-state index >= 15 is 0 Å². The second-order valence-electron chi connectivity index (χ2n) is 7.09.